The fourth-order valence-electron chi connectivity index (χ4n) is 3.06. The highest BCUT2D eigenvalue weighted by Crippen LogP contribution is 2.44. The van der Waals surface area contributed by atoms with Gasteiger partial charge in [0.1, 0.15) is 0 Å². The molecule has 0 radical (unpaired) electrons. The standard InChI is InChI=1S/C12H22N2O.ClH/c1-2-5-13-8-12(15)14-11-7-9-3-4-10(11)6-9;/h9-11,13H,2-8H2,1H3,(H,14,15);1H. The molecule has 2 rings (SSSR count). The van der Waals surface area contributed by atoms with Crippen LogP contribution >= 0.6 is 12.4 Å². The minimum absolute atomic E-state index is 0. The van der Waals surface area contributed by atoms with E-state index in [0.717, 1.165) is 24.8 Å². The van der Waals surface area contributed by atoms with Crippen LogP contribution in [0, 0.1) is 11.8 Å². The summed E-state index contributed by atoms with van der Waals surface area (Å²) in [5.41, 5.74) is 0. The Morgan fingerprint density at radius 1 is 1.31 bits per heavy atom. The van der Waals surface area contributed by atoms with Crippen LogP contribution in [0.25, 0.3) is 0 Å². The van der Waals surface area contributed by atoms with E-state index >= 15 is 0 Å². The largest absolute Gasteiger partial charge is 0.352 e. The average molecular weight is 247 g/mol. The van der Waals surface area contributed by atoms with Crippen LogP contribution in [0.4, 0.5) is 0 Å². The molecule has 4 heteroatoms. The molecule has 16 heavy (non-hydrogen) atoms. The van der Waals surface area contributed by atoms with E-state index < -0.39 is 0 Å². The smallest absolute Gasteiger partial charge is 0.234 e. The van der Waals surface area contributed by atoms with Crippen molar-refractivity contribution in [1.82, 2.24) is 10.6 Å². The van der Waals surface area contributed by atoms with Crippen molar-refractivity contribution in [2.75, 3.05) is 13.1 Å². The van der Waals surface area contributed by atoms with E-state index in [2.05, 4.69) is 17.6 Å². The number of carbonyl (C=O) groups is 1. The highest BCUT2D eigenvalue weighted by atomic mass is 35.5. The maximum atomic E-state index is 11.6. The van der Waals surface area contributed by atoms with E-state index in [1.165, 1.54) is 25.7 Å². The topological polar surface area (TPSA) is 41.1 Å². The number of hydrogen-bond donors (Lipinski definition) is 2. The third-order valence-corrected chi connectivity index (χ3v) is 3.80. The molecular formula is C12H23ClN2O. The molecule has 0 aromatic heterocycles. The van der Waals surface area contributed by atoms with Crippen LogP contribution in [0.5, 0.6) is 0 Å². The Labute approximate surface area is 104 Å². The lowest BCUT2D eigenvalue weighted by atomic mass is 9.95. The second kappa shape index (κ2) is 6.45. The van der Waals surface area contributed by atoms with Crippen LogP contribution in [0.3, 0.4) is 0 Å². The normalized spacial score (nSPS) is 31.2. The molecule has 2 bridgehead atoms. The quantitative estimate of drug-likeness (QED) is 0.726. The lowest BCUT2D eigenvalue weighted by Crippen LogP contribution is -2.43. The fourth-order valence-corrected chi connectivity index (χ4v) is 3.06. The zero-order valence-corrected chi connectivity index (χ0v) is 10.8. The zero-order chi connectivity index (χ0) is 10.7. The predicted octanol–water partition coefficient (Wildman–Crippen LogP) is 1.71. The van der Waals surface area contributed by atoms with E-state index in [9.17, 15) is 4.79 Å². The molecule has 0 aromatic carbocycles. The molecule has 2 aliphatic rings. The van der Waals surface area contributed by atoms with Gasteiger partial charge in [0.15, 0.2) is 0 Å². The Kier molecular flexibility index (Phi) is 5.56. The van der Waals surface area contributed by atoms with Gasteiger partial charge in [0.05, 0.1) is 6.54 Å². The second-order valence-electron chi connectivity index (χ2n) is 5.03. The van der Waals surface area contributed by atoms with Crippen LogP contribution in [0.1, 0.15) is 39.0 Å². The van der Waals surface area contributed by atoms with Gasteiger partial charge in [-0.15, -0.1) is 12.4 Å². The first kappa shape index (κ1) is 13.8. The summed E-state index contributed by atoms with van der Waals surface area (Å²) in [6, 6.07) is 0.486. The van der Waals surface area contributed by atoms with E-state index in [1.807, 2.05) is 0 Å². The predicted molar refractivity (Wildman–Crippen MR) is 67.8 cm³/mol. The molecule has 2 N–H and O–H groups in total. The molecule has 2 saturated carbocycles. The van der Waals surface area contributed by atoms with Crippen molar-refractivity contribution in [3.05, 3.63) is 0 Å². The number of rotatable bonds is 5. The Balaban J connectivity index is 0.00000128. The minimum Gasteiger partial charge on any atom is -0.352 e. The Hall–Kier alpha value is -0.280. The van der Waals surface area contributed by atoms with Crippen molar-refractivity contribution >= 4 is 18.3 Å². The number of halogens is 1. The second-order valence-corrected chi connectivity index (χ2v) is 5.03. The van der Waals surface area contributed by atoms with Crippen molar-refractivity contribution in [1.29, 1.82) is 0 Å². The Morgan fingerprint density at radius 3 is 2.69 bits per heavy atom. The molecule has 94 valence electrons. The van der Waals surface area contributed by atoms with Gasteiger partial charge in [-0.05, 0) is 44.1 Å². The summed E-state index contributed by atoms with van der Waals surface area (Å²) in [4.78, 5) is 11.6. The summed E-state index contributed by atoms with van der Waals surface area (Å²) in [6.45, 7) is 3.53. The molecule has 3 atom stereocenters. The van der Waals surface area contributed by atoms with E-state index in [-0.39, 0.29) is 18.3 Å². The monoisotopic (exact) mass is 246 g/mol. The van der Waals surface area contributed by atoms with Crippen molar-refractivity contribution in [3.63, 3.8) is 0 Å². The number of carbonyl (C=O) groups excluding carboxylic acids is 1. The van der Waals surface area contributed by atoms with Crippen LogP contribution < -0.4 is 10.6 Å². The van der Waals surface area contributed by atoms with E-state index in [0.29, 0.717) is 12.6 Å². The SMILES string of the molecule is CCCNCC(=O)NC1CC2CCC1C2.Cl. The van der Waals surface area contributed by atoms with E-state index in [4.69, 9.17) is 0 Å². The Morgan fingerprint density at radius 2 is 2.12 bits per heavy atom. The van der Waals surface area contributed by atoms with Gasteiger partial charge >= 0.3 is 0 Å². The lowest BCUT2D eigenvalue weighted by Gasteiger charge is -2.22. The summed E-state index contributed by atoms with van der Waals surface area (Å²) < 4.78 is 0. The van der Waals surface area contributed by atoms with Gasteiger partial charge in [-0.1, -0.05) is 13.3 Å². The molecular weight excluding hydrogens is 224 g/mol. The number of nitrogens with one attached hydrogen (secondary N) is 2. The molecule has 2 aliphatic carbocycles. The van der Waals surface area contributed by atoms with Crippen molar-refractivity contribution < 1.29 is 4.79 Å². The average Bonchev–Trinajstić information content (AvgIpc) is 2.79. The zero-order valence-electron chi connectivity index (χ0n) is 10.00. The molecule has 0 saturated heterocycles. The van der Waals surface area contributed by atoms with Crippen LogP contribution in [0.2, 0.25) is 0 Å². The maximum Gasteiger partial charge on any atom is 0.234 e. The van der Waals surface area contributed by atoms with Crippen LogP contribution in [-0.4, -0.2) is 25.0 Å². The molecule has 2 fully saturated rings. The number of hydrogen-bond acceptors (Lipinski definition) is 2. The molecule has 3 nitrogen and oxygen atoms in total. The van der Waals surface area contributed by atoms with Gasteiger partial charge in [0, 0.05) is 6.04 Å². The summed E-state index contributed by atoms with van der Waals surface area (Å²) in [7, 11) is 0. The summed E-state index contributed by atoms with van der Waals surface area (Å²) in [5, 5.41) is 6.31. The highest BCUT2D eigenvalue weighted by molar-refractivity contribution is 5.85. The molecule has 1 amide bonds. The highest BCUT2D eigenvalue weighted by Gasteiger charge is 2.39. The third kappa shape index (κ3) is 3.36. The van der Waals surface area contributed by atoms with Gasteiger partial charge in [-0.2, -0.15) is 0 Å². The van der Waals surface area contributed by atoms with Gasteiger partial charge in [-0.25, -0.2) is 0 Å². The molecule has 3 unspecified atom stereocenters. The van der Waals surface area contributed by atoms with Gasteiger partial charge < -0.3 is 10.6 Å². The first-order valence-electron chi connectivity index (χ1n) is 6.29. The minimum atomic E-state index is 0. The van der Waals surface area contributed by atoms with Crippen molar-refractivity contribution in [2.24, 2.45) is 11.8 Å². The number of amides is 1. The van der Waals surface area contributed by atoms with Gasteiger partial charge in [0.25, 0.3) is 0 Å². The third-order valence-electron chi connectivity index (χ3n) is 3.80. The van der Waals surface area contributed by atoms with Crippen LogP contribution in [-0.2, 0) is 4.79 Å². The molecule has 0 aliphatic heterocycles. The number of fused-ring (bicyclic) bond motifs is 2. The Bertz CT molecular complexity index is 235. The lowest BCUT2D eigenvalue weighted by molar-refractivity contribution is -0.121. The maximum absolute atomic E-state index is 11.6. The van der Waals surface area contributed by atoms with Gasteiger partial charge in [-0.3, -0.25) is 4.79 Å². The molecule has 0 spiro atoms. The first-order chi connectivity index (χ1) is 7.29. The van der Waals surface area contributed by atoms with Crippen LogP contribution in [0.15, 0.2) is 0 Å². The van der Waals surface area contributed by atoms with E-state index in [1.54, 1.807) is 0 Å². The van der Waals surface area contributed by atoms with Crippen molar-refractivity contribution in [2.45, 2.75) is 45.1 Å². The molecule has 0 heterocycles. The summed E-state index contributed by atoms with van der Waals surface area (Å²) in [6.07, 6.45) is 6.39. The fraction of sp³-hybridized carbons (Fsp3) is 0.917. The first-order valence-corrected chi connectivity index (χ1v) is 6.29. The molecule has 0 aromatic rings. The van der Waals surface area contributed by atoms with Gasteiger partial charge in [0.2, 0.25) is 5.91 Å². The summed E-state index contributed by atoms with van der Waals surface area (Å²) >= 11 is 0. The van der Waals surface area contributed by atoms with Crippen molar-refractivity contribution in [3.8, 4) is 0 Å². The summed E-state index contributed by atoms with van der Waals surface area (Å²) in [5.74, 6) is 1.87.